The van der Waals surface area contributed by atoms with E-state index in [1.807, 2.05) is 13.0 Å². The second kappa shape index (κ2) is 6.71. The van der Waals surface area contributed by atoms with Crippen LogP contribution in [0, 0.1) is 12.3 Å². The summed E-state index contributed by atoms with van der Waals surface area (Å²) in [4.78, 5) is 16.0. The van der Waals surface area contributed by atoms with Gasteiger partial charge in [0.2, 0.25) is 0 Å². The van der Waals surface area contributed by atoms with Gasteiger partial charge in [0.05, 0.1) is 5.56 Å². The zero-order chi connectivity index (χ0) is 13.1. The molecule has 102 valence electrons. The molecular weight excluding hydrogens is 250 g/mol. The van der Waals surface area contributed by atoms with E-state index in [0.29, 0.717) is 12.1 Å². The topological polar surface area (TPSA) is 68.0 Å². The Hall–Kier alpha value is -1.13. The summed E-state index contributed by atoms with van der Waals surface area (Å²) in [6, 6.07) is 1.77. The van der Waals surface area contributed by atoms with E-state index in [2.05, 4.69) is 31.1 Å². The van der Waals surface area contributed by atoms with Crippen molar-refractivity contribution in [3.8, 4) is 0 Å². The first-order chi connectivity index (χ1) is 7.84. The Morgan fingerprint density at radius 3 is 2.50 bits per heavy atom. The third-order valence-electron chi connectivity index (χ3n) is 2.72. The fourth-order valence-corrected chi connectivity index (χ4v) is 1.55. The summed E-state index contributed by atoms with van der Waals surface area (Å²) >= 11 is 0. The molecule has 0 spiro atoms. The number of nitrogens with one attached hydrogen (secondary N) is 1. The number of amides is 1. The van der Waals surface area contributed by atoms with E-state index in [9.17, 15) is 4.79 Å². The van der Waals surface area contributed by atoms with Crippen molar-refractivity contribution in [3.05, 3.63) is 29.6 Å². The molecule has 0 fully saturated rings. The summed E-state index contributed by atoms with van der Waals surface area (Å²) in [6.07, 6.45) is 3.29. The van der Waals surface area contributed by atoms with Gasteiger partial charge < -0.3 is 11.1 Å². The fraction of sp³-hybridized carbons (Fsp3) is 0.538. The van der Waals surface area contributed by atoms with Gasteiger partial charge in [0, 0.05) is 25.0 Å². The zero-order valence-electron chi connectivity index (χ0n) is 11.4. The van der Waals surface area contributed by atoms with Crippen molar-refractivity contribution < 1.29 is 4.79 Å². The monoisotopic (exact) mass is 271 g/mol. The molecule has 1 amide bonds. The Bertz CT molecular complexity index is 401. The standard InChI is InChI=1S/C13H21N3O.ClH/c1-9-5-10(8-15-7-9)12(17)16-11(6-14)13(2,3)4;/h5,7-8,11H,6,14H2,1-4H3,(H,16,17);1H. The number of aryl methyl sites for hydroxylation is 1. The number of halogens is 1. The maximum atomic E-state index is 12.0. The first-order valence-corrected chi connectivity index (χ1v) is 5.77. The van der Waals surface area contributed by atoms with Crippen LogP contribution in [0.5, 0.6) is 0 Å². The van der Waals surface area contributed by atoms with E-state index in [4.69, 9.17) is 5.73 Å². The number of carbonyl (C=O) groups is 1. The highest BCUT2D eigenvalue weighted by Crippen LogP contribution is 2.18. The normalized spacial score (nSPS) is 12.5. The lowest BCUT2D eigenvalue weighted by Crippen LogP contribution is -2.48. The van der Waals surface area contributed by atoms with Crippen LogP contribution in [0.3, 0.4) is 0 Å². The van der Waals surface area contributed by atoms with E-state index in [0.717, 1.165) is 5.56 Å². The minimum atomic E-state index is -0.119. The summed E-state index contributed by atoms with van der Waals surface area (Å²) in [5, 5.41) is 2.95. The van der Waals surface area contributed by atoms with Gasteiger partial charge in [-0.25, -0.2) is 0 Å². The van der Waals surface area contributed by atoms with Crippen molar-refractivity contribution in [2.24, 2.45) is 11.1 Å². The van der Waals surface area contributed by atoms with Crippen LogP contribution in [0.1, 0.15) is 36.7 Å². The highest BCUT2D eigenvalue weighted by atomic mass is 35.5. The quantitative estimate of drug-likeness (QED) is 0.883. The lowest BCUT2D eigenvalue weighted by Gasteiger charge is -2.30. The smallest absolute Gasteiger partial charge is 0.253 e. The second-order valence-corrected chi connectivity index (χ2v) is 5.38. The lowest BCUT2D eigenvalue weighted by molar-refractivity contribution is 0.0905. The van der Waals surface area contributed by atoms with Crippen LogP contribution in [0.4, 0.5) is 0 Å². The molecule has 1 unspecified atom stereocenters. The Morgan fingerprint density at radius 1 is 1.44 bits per heavy atom. The van der Waals surface area contributed by atoms with Crippen LogP contribution >= 0.6 is 12.4 Å². The van der Waals surface area contributed by atoms with Gasteiger partial charge in [0.15, 0.2) is 0 Å². The van der Waals surface area contributed by atoms with Crippen LogP contribution in [0.2, 0.25) is 0 Å². The number of rotatable bonds is 3. The Balaban J connectivity index is 0.00000289. The third kappa shape index (κ3) is 4.63. The maximum Gasteiger partial charge on any atom is 0.253 e. The Kier molecular flexibility index (Phi) is 6.29. The maximum absolute atomic E-state index is 12.0. The second-order valence-electron chi connectivity index (χ2n) is 5.38. The van der Waals surface area contributed by atoms with Crippen LogP contribution in [-0.4, -0.2) is 23.5 Å². The summed E-state index contributed by atoms with van der Waals surface area (Å²) in [5.74, 6) is -0.119. The number of hydrogen-bond acceptors (Lipinski definition) is 3. The number of aromatic nitrogens is 1. The van der Waals surface area contributed by atoms with Crippen molar-refractivity contribution in [3.63, 3.8) is 0 Å². The van der Waals surface area contributed by atoms with Crippen LogP contribution in [0.15, 0.2) is 18.5 Å². The average molecular weight is 272 g/mol. The summed E-state index contributed by atoms with van der Waals surface area (Å²) in [5.41, 5.74) is 7.18. The fourth-order valence-electron chi connectivity index (χ4n) is 1.55. The molecule has 0 radical (unpaired) electrons. The molecule has 0 saturated heterocycles. The van der Waals surface area contributed by atoms with Crippen molar-refractivity contribution in [2.45, 2.75) is 33.7 Å². The molecule has 1 rings (SSSR count). The number of pyridine rings is 1. The van der Waals surface area contributed by atoms with Gasteiger partial charge in [-0.05, 0) is 24.0 Å². The number of carbonyl (C=O) groups excluding carboxylic acids is 1. The Labute approximate surface area is 115 Å². The molecule has 1 aromatic rings. The molecule has 1 heterocycles. The summed E-state index contributed by atoms with van der Waals surface area (Å²) < 4.78 is 0. The van der Waals surface area contributed by atoms with Gasteiger partial charge in [0.25, 0.3) is 5.91 Å². The molecule has 4 nitrogen and oxygen atoms in total. The van der Waals surface area contributed by atoms with Crippen molar-refractivity contribution in [2.75, 3.05) is 6.54 Å². The summed E-state index contributed by atoms with van der Waals surface area (Å²) in [7, 11) is 0. The third-order valence-corrected chi connectivity index (χ3v) is 2.72. The van der Waals surface area contributed by atoms with E-state index in [1.54, 1.807) is 12.4 Å². The minimum Gasteiger partial charge on any atom is -0.347 e. The van der Waals surface area contributed by atoms with E-state index in [1.165, 1.54) is 0 Å². The van der Waals surface area contributed by atoms with Gasteiger partial charge in [0.1, 0.15) is 0 Å². The molecule has 0 aromatic carbocycles. The van der Waals surface area contributed by atoms with Crippen LogP contribution in [0.25, 0.3) is 0 Å². The van der Waals surface area contributed by atoms with Crippen molar-refractivity contribution >= 4 is 18.3 Å². The molecule has 18 heavy (non-hydrogen) atoms. The minimum absolute atomic E-state index is 0. The Morgan fingerprint density at radius 2 is 2.06 bits per heavy atom. The highest BCUT2D eigenvalue weighted by Gasteiger charge is 2.25. The predicted octanol–water partition coefficient (Wildman–Crippen LogP) is 1.92. The molecule has 0 bridgehead atoms. The molecular formula is C13H22ClN3O. The molecule has 0 aliphatic rings. The van der Waals surface area contributed by atoms with Crippen LogP contribution in [-0.2, 0) is 0 Å². The van der Waals surface area contributed by atoms with Crippen LogP contribution < -0.4 is 11.1 Å². The SMILES string of the molecule is Cc1cncc(C(=O)NC(CN)C(C)(C)C)c1.Cl. The first-order valence-electron chi connectivity index (χ1n) is 5.77. The largest absolute Gasteiger partial charge is 0.347 e. The molecule has 5 heteroatoms. The van der Waals surface area contributed by atoms with Crippen molar-refractivity contribution in [1.82, 2.24) is 10.3 Å². The van der Waals surface area contributed by atoms with E-state index in [-0.39, 0.29) is 29.8 Å². The molecule has 1 atom stereocenters. The molecule has 0 aliphatic heterocycles. The molecule has 0 aliphatic carbocycles. The van der Waals surface area contributed by atoms with E-state index < -0.39 is 0 Å². The van der Waals surface area contributed by atoms with E-state index >= 15 is 0 Å². The molecule has 1 aromatic heterocycles. The van der Waals surface area contributed by atoms with Gasteiger partial charge in [-0.1, -0.05) is 20.8 Å². The highest BCUT2D eigenvalue weighted by molar-refractivity contribution is 5.94. The predicted molar refractivity (Wildman–Crippen MR) is 76.0 cm³/mol. The van der Waals surface area contributed by atoms with Gasteiger partial charge in [-0.3, -0.25) is 9.78 Å². The zero-order valence-corrected chi connectivity index (χ0v) is 12.2. The van der Waals surface area contributed by atoms with Gasteiger partial charge in [-0.15, -0.1) is 12.4 Å². The van der Waals surface area contributed by atoms with Gasteiger partial charge in [-0.2, -0.15) is 0 Å². The number of hydrogen-bond donors (Lipinski definition) is 2. The lowest BCUT2D eigenvalue weighted by atomic mass is 9.86. The van der Waals surface area contributed by atoms with Crippen molar-refractivity contribution in [1.29, 1.82) is 0 Å². The first kappa shape index (κ1) is 16.9. The summed E-state index contributed by atoms with van der Waals surface area (Å²) in [6.45, 7) is 8.50. The van der Waals surface area contributed by atoms with Gasteiger partial charge >= 0.3 is 0 Å². The molecule has 0 saturated carbocycles. The number of nitrogens with zero attached hydrogens (tertiary/aromatic N) is 1. The molecule has 3 N–H and O–H groups in total. The average Bonchev–Trinajstić information content (AvgIpc) is 2.23. The number of nitrogens with two attached hydrogens (primary N) is 1.